The van der Waals surface area contributed by atoms with E-state index in [1.165, 1.54) is 46.0 Å². The first kappa shape index (κ1) is 19.2. The van der Waals surface area contributed by atoms with Crippen LogP contribution in [0.3, 0.4) is 0 Å². The number of halogens is 1. The number of nitrogens with zero attached hydrogens (tertiary/aromatic N) is 5. The number of H-pyrrole nitrogens is 1. The van der Waals surface area contributed by atoms with Gasteiger partial charge in [-0.05, 0) is 23.8 Å². The third-order valence-corrected chi connectivity index (χ3v) is 4.41. The summed E-state index contributed by atoms with van der Waals surface area (Å²) in [5.41, 5.74) is 0.585. The summed E-state index contributed by atoms with van der Waals surface area (Å²) < 4.78 is 16.0. The topological polar surface area (TPSA) is 128 Å². The average Bonchev–Trinajstić information content (AvgIpc) is 3.16. The molecule has 3 aromatic heterocycles. The van der Waals surface area contributed by atoms with Crippen molar-refractivity contribution in [1.29, 1.82) is 0 Å². The number of fused-ring (bicyclic) bond motifs is 1. The minimum atomic E-state index is -0.447. The van der Waals surface area contributed by atoms with Gasteiger partial charge in [0.05, 0.1) is 19.3 Å². The first-order chi connectivity index (χ1) is 14.5. The Bertz CT molecular complexity index is 1300. The van der Waals surface area contributed by atoms with Crippen LogP contribution in [-0.2, 0) is 13.1 Å². The van der Waals surface area contributed by atoms with Crippen molar-refractivity contribution < 1.29 is 9.18 Å². The molecule has 0 fully saturated rings. The normalized spacial score (nSPS) is 11.0. The zero-order valence-electron chi connectivity index (χ0n) is 15.6. The van der Waals surface area contributed by atoms with Gasteiger partial charge in [-0.15, -0.1) is 0 Å². The monoisotopic (exact) mass is 409 g/mol. The lowest BCUT2D eigenvalue weighted by atomic mass is 10.2. The number of rotatable bonds is 6. The lowest BCUT2D eigenvalue weighted by Crippen LogP contribution is -2.29. The van der Waals surface area contributed by atoms with Crippen LogP contribution in [0, 0.1) is 5.82 Å². The Labute approximate surface area is 168 Å². The van der Waals surface area contributed by atoms with Crippen LogP contribution < -0.4 is 16.4 Å². The number of amides is 1. The zero-order chi connectivity index (χ0) is 21.1. The van der Waals surface area contributed by atoms with Crippen molar-refractivity contribution in [3.63, 3.8) is 0 Å². The smallest absolute Gasteiger partial charge is 0.271 e. The molecule has 30 heavy (non-hydrogen) atoms. The maximum atomic E-state index is 13.0. The van der Waals surface area contributed by atoms with Gasteiger partial charge in [0.1, 0.15) is 23.2 Å². The highest BCUT2D eigenvalue weighted by Gasteiger charge is 2.12. The highest BCUT2D eigenvalue weighted by Crippen LogP contribution is 2.08. The van der Waals surface area contributed by atoms with Gasteiger partial charge >= 0.3 is 0 Å². The molecule has 0 saturated heterocycles. The van der Waals surface area contributed by atoms with E-state index in [-0.39, 0.29) is 36.7 Å². The van der Waals surface area contributed by atoms with Gasteiger partial charge in [0.2, 0.25) is 0 Å². The molecule has 0 aliphatic heterocycles. The molecule has 2 N–H and O–H groups in total. The van der Waals surface area contributed by atoms with E-state index in [1.54, 1.807) is 12.1 Å². The Morgan fingerprint density at radius 2 is 1.93 bits per heavy atom. The number of aromatic amines is 1. The van der Waals surface area contributed by atoms with E-state index in [1.807, 2.05) is 0 Å². The summed E-state index contributed by atoms with van der Waals surface area (Å²) in [6.45, 7) is 0.763. The van der Waals surface area contributed by atoms with E-state index in [0.717, 1.165) is 5.56 Å². The molecule has 0 radical (unpaired) electrons. The Morgan fingerprint density at radius 1 is 1.13 bits per heavy atom. The van der Waals surface area contributed by atoms with Gasteiger partial charge in [-0.3, -0.25) is 19.0 Å². The van der Waals surface area contributed by atoms with Crippen molar-refractivity contribution in [3.8, 4) is 0 Å². The van der Waals surface area contributed by atoms with Gasteiger partial charge in [-0.1, -0.05) is 12.1 Å². The van der Waals surface area contributed by atoms with Crippen LogP contribution in [-0.4, -0.2) is 42.0 Å². The number of hydrogen-bond donors (Lipinski definition) is 2. The molecule has 152 valence electrons. The minimum absolute atomic E-state index is 0.0849. The molecule has 0 unspecified atom stereocenters. The molecule has 4 aromatic rings. The molecule has 10 nitrogen and oxygen atoms in total. The quantitative estimate of drug-likeness (QED) is 0.471. The predicted octanol–water partition coefficient (Wildman–Crippen LogP) is 0.294. The van der Waals surface area contributed by atoms with Gasteiger partial charge in [-0.2, -0.15) is 10.2 Å². The summed E-state index contributed by atoms with van der Waals surface area (Å²) in [5, 5.41) is 13.0. The lowest BCUT2D eigenvalue weighted by Gasteiger charge is -2.07. The molecular weight excluding hydrogens is 393 g/mol. The minimum Gasteiger partial charge on any atom is -0.349 e. The van der Waals surface area contributed by atoms with Crippen LogP contribution in [0.4, 0.5) is 4.39 Å². The maximum absolute atomic E-state index is 13.0. The second-order valence-corrected chi connectivity index (χ2v) is 6.47. The lowest BCUT2D eigenvalue weighted by molar-refractivity contribution is 0.0946. The summed E-state index contributed by atoms with van der Waals surface area (Å²) in [6, 6.07) is 8.42. The number of carbonyl (C=O) groups is 1. The molecule has 0 atom stereocenters. The number of nitrogens with one attached hydrogen (secondary N) is 2. The molecule has 0 aliphatic carbocycles. The highest BCUT2D eigenvalue weighted by molar-refractivity contribution is 5.91. The SMILES string of the molecule is O=C(NCCn1ncc2c(=O)n(Cc3ccc(F)cc3)cnc21)c1ccc(=O)[nH]n1. The summed E-state index contributed by atoms with van der Waals surface area (Å²) in [7, 11) is 0. The van der Waals surface area contributed by atoms with Gasteiger partial charge in [0, 0.05) is 12.6 Å². The van der Waals surface area contributed by atoms with E-state index >= 15 is 0 Å². The van der Waals surface area contributed by atoms with Crippen molar-refractivity contribution in [1.82, 2.24) is 34.8 Å². The second kappa shape index (κ2) is 8.07. The molecular formula is C19H16FN7O3. The second-order valence-electron chi connectivity index (χ2n) is 6.47. The third-order valence-electron chi connectivity index (χ3n) is 4.41. The van der Waals surface area contributed by atoms with Crippen molar-refractivity contribution in [2.45, 2.75) is 13.1 Å². The summed E-state index contributed by atoms with van der Waals surface area (Å²) in [5.74, 6) is -0.790. The van der Waals surface area contributed by atoms with Crippen LogP contribution in [0.15, 0.2) is 58.5 Å². The fraction of sp³-hybridized carbons (Fsp3) is 0.158. The van der Waals surface area contributed by atoms with E-state index in [2.05, 4.69) is 25.6 Å². The molecule has 11 heteroatoms. The first-order valence-corrected chi connectivity index (χ1v) is 9.00. The standard InChI is InChI=1S/C19H16FN7O3/c20-13-3-1-12(2-4-13)10-26-11-22-17-14(19(26)30)9-23-27(17)8-7-21-18(29)15-5-6-16(28)25-24-15/h1-6,9,11H,7-8,10H2,(H,21,29)(H,25,28). The van der Waals surface area contributed by atoms with Gasteiger partial charge in [0.15, 0.2) is 5.65 Å². The van der Waals surface area contributed by atoms with Crippen LogP contribution in [0.25, 0.3) is 11.0 Å². The first-order valence-electron chi connectivity index (χ1n) is 9.00. The molecule has 1 aromatic carbocycles. The number of carbonyl (C=O) groups excluding carboxylic acids is 1. The average molecular weight is 409 g/mol. The fourth-order valence-electron chi connectivity index (χ4n) is 2.90. The molecule has 0 spiro atoms. The van der Waals surface area contributed by atoms with Crippen molar-refractivity contribution in [2.75, 3.05) is 6.54 Å². The summed E-state index contributed by atoms with van der Waals surface area (Å²) in [6.07, 6.45) is 2.84. The van der Waals surface area contributed by atoms with Crippen LogP contribution >= 0.6 is 0 Å². The molecule has 1 amide bonds. The molecule has 4 rings (SSSR count). The van der Waals surface area contributed by atoms with Crippen molar-refractivity contribution in [2.24, 2.45) is 0 Å². The largest absolute Gasteiger partial charge is 0.349 e. The van der Waals surface area contributed by atoms with Crippen LogP contribution in [0.1, 0.15) is 16.1 Å². The fourth-order valence-corrected chi connectivity index (χ4v) is 2.90. The molecule has 0 saturated carbocycles. The maximum Gasteiger partial charge on any atom is 0.271 e. The number of benzene rings is 1. The Hall–Kier alpha value is -4.15. The Kier molecular flexibility index (Phi) is 5.16. The van der Waals surface area contributed by atoms with E-state index in [4.69, 9.17) is 0 Å². The van der Waals surface area contributed by atoms with E-state index < -0.39 is 11.5 Å². The van der Waals surface area contributed by atoms with Gasteiger partial charge in [-0.25, -0.2) is 19.2 Å². The predicted molar refractivity (Wildman–Crippen MR) is 104 cm³/mol. The van der Waals surface area contributed by atoms with E-state index in [9.17, 15) is 18.8 Å². The molecule has 0 aliphatic rings. The third kappa shape index (κ3) is 3.99. The number of hydrogen-bond acceptors (Lipinski definition) is 6. The summed E-state index contributed by atoms with van der Waals surface area (Å²) >= 11 is 0. The van der Waals surface area contributed by atoms with Crippen molar-refractivity contribution >= 4 is 16.9 Å². The number of aromatic nitrogens is 6. The van der Waals surface area contributed by atoms with E-state index in [0.29, 0.717) is 11.0 Å². The van der Waals surface area contributed by atoms with Gasteiger partial charge in [0.25, 0.3) is 17.0 Å². The van der Waals surface area contributed by atoms with Crippen molar-refractivity contribution in [3.05, 3.63) is 86.7 Å². The molecule has 3 heterocycles. The van der Waals surface area contributed by atoms with Crippen LogP contribution in [0.5, 0.6) is 0 Å². The Morgan fingerprint density at radius 3 is 2.67 bits per heavy atom. The molecule has 0 bridgehead atoms. The van der Waals surface area contributed by atoms with Crippen LogP contribution in [0.2, 0.25) is 0 Å². The Balaban J connectivity index is 1.45. The van der Waals surface area contributed by atoms with Gasteiger partial charge < -0.3 is 5.32 Å². The zero-order valence-corrected chi connectivity index (χ0v) is 15.6. The highest BCUT2D eigenvalue weighted by atomic mass is 19.1. The summed E-state index contributed by atoms with van der Waals surface area (Å²) in [4.78, 5) is 40.0.